The van der Waals surface area contributed by atoms with Gasteiger partial charge in [0.2, 0.25) is 5.91 Å². The summed E-state index contributed by atoms with van der Waals surface area (Å²) in [7, 11) is 0. The molecule has 2 aliphatic rings. The molecule has 1 amide bonds. The van der Waals surface area contributed by atoms with Gasteiger partial charge in [-0.25, -0.2) is 0 Å². The standard InChI is InChI=1S/C18H27N3O2/c1-15-7-9-20(18(22)17-14-23-12-8-19-17)10-11-21(15)13-16-5-3-2-4-6-16/h2-6,15,17,19H,7-14H2,1H3. The minimum absolute atomic E-state index is 0.167. The molecule has 0 aromatic heterocycles. The summed E-state index contributed by atoms with van der Waals surface area (Å²) in [5, 5.41) is 3.27. The van der Waals surface area contributed by atoms with Gasteiger partial charge in [-0.2, -0.15) is 0 Å². The van der Waals surface area contributed by atoms with Crippen molar-refractivity contribution in [2.24, 2.45) is 0 Å². The first kappa shape index (κ1) is 16.4. The molecular formula is C18H27N3O2. The van der Waals surface area contributed by atoms with E-state index in [1.165, 1.54) is 5.56 Å². The number of ether oxygens (including phenoxy) is 1. The van der Waals surface area contributed by atoms with E-state index >= 15 is 0 Å². The molecule has 23 heavy (non-hydrogen) atoms. The van der Waals surface area contributed by atoms with Gasteiger partial charge in [-0.1, -0.05) is 30.3 Å². The van der Waals surface area contributed by atoms with Crippen molar-refractivity contribution in [1.29, 1.82) is 0 Å². The molecule has 2 aliphatic heterocycles. The minimum atomic E-state index is -0.167. The quantitative estimate of drug-likeness (QED) is 0.907. The lowest BCUT2D eigenvalue weighted by Crippen LogP contribution is -2.53. The monoisotopic (exact) mass is 317 g/mol. The van der Waals surface area contributed by atoms with E-state index < -0.39 is 0 Å². The third-order valence-corrected chi connectivity index (χ3v) is 4.86. The van der Waals surface area contributed by atoms with Crippen molar-refractivity contribution >= 4 is 5.91 Å². The summed E-state index contributed by atoms with van der Waals surface area (Å²) in [4.78, 5) is 17.1. The van der Waals surface area contributed by atoms with Gasteiger partial charge in [0.05, 0.1) is 13.2 Å². The summed E-state index contributed by atoms with van der Waals surface area (Å²) < 4.78 is 5.43. The van der Waals surface area contributed by atoms with E-state index in [-0.39, 0.29) is 11.9 Å². The zero-order valence-corrected chi connectivity index (χ0v) is 13.9. The third-order valence-electron chi connectivity index (χ3n) is 4.86. The molecule has 2 unspecified atom stereocenters. The second kappa shape index (κ2) is 7.90. The highest BCUT2D eigenvalue weighted by Crippen LogP contribution is 2.15. The summed E-state index contributed by atoms with van der Waals surface area (Å²) in [5.74, 6) is 0.193. The number of nitrogens with zero attached hydrogens (tertiary/aromatic N) is 2. The van der Waals surface area contributed by atoms with Gasteiger partial charge < -0.3 is 15.0 Å². The number of carbonyl (C=O) groups is 1. The van der Waals surface area contributed by atoms with Crippen molar-refractivity contribution < 1.29 is 9.53 Å². The molecule has 0 aliphatic carbocycles. The van der Waals surface area contributed by atoms with Crippen LogP contribution in [-0.4, -0.2) is 67.2 Å². The zero-order valence-electron chi connectivity index (χ0n) is 13.9. The molecule has 1 aromatic carbocycles. The third kappa shape index (κ3) is 4.31. The van der Waals surface area contributed by atoms with Gasteiger partial charge in [-0.3, -0.25) is 9.69 Å². The van der Waals surface area contributed by atoms with Crippen LogP contribution in [-0.2, 0) is 16.1 Å². The van der Waals surface area contributed by atoms with Crippen molar-refractivity contribution in [2.45, 2.75) is 32.0 Å². The van der Waals surface area contributed by atoms with Gasteiger partial charge in [-0.15, -0.1) is 0 Å². The van der Waals surface area contributed by atoms with Crippen LogP contribution in [0.4, 0.5) is 0 Å². The molecule has 2 heterocycles. The molecule has 2 fully saturated rings. The predicted molar refractivity (Wildman–Crippen MR) is 90.1 cm³/mol. The molecule has 126 valence electrons. The van der Waals surface area contributed by atoms with Crippen LogP contribution in [0.2, 0.25) is 0 Å². The summed E-state index contributed by atoms with van der Waals surface area (Å²) in [6.45, 7) is 7.74. The predicted octanol–water partition coefficient (Wildman–Crippen LogP) is 1.10. The number of carbonyl (C=O) groups excluding carboxylic acids is 1. The van der Waals surface area contributed by atoms with E-state index in [0.717, 1.165) is 39.1 Å². The summed E-state index contributed by atoms with van der Waals surface area (Å²) in [6.07, 6.45) is 1.02. The van der Waals surface area contributed by atoms with Crippen molar-refractivity contribution in [3.05, 3.63) is 35.9 Å². The number of hydrogen-bond acceptors (Lipinski definition) is 4. The molecule has 1 N–H and O–H groups in total. The molecule has 1 aromatic rings. The lowest BCUT2D eigenvalue weighted by Gasteiger charge is -2.29. The highest BCUT2D eigenvalue weighted by atomic mass is 16.5. The first-order valence-corrected chi connectivity index (χ1v) is 8.62. The van der Waals surface area contributed by atoms with E-state index in [9.17, 15) is 4.79 Å². The average Bonchev–Trinajstić information content (AvgIpc) is 2.78. The molecule has 5 heteroatoms. The van der Waals surface area contributed by atoms with Crippen LogP contribution >= 0.6 is 0 Å². The van der Waals surface area contributed by atoms with E-state index in [2.05, 4.69) is 47.5 Å². The number of amides is 1. The second-order valence-corrected chi connectivity index (χ2v) is 6.50. The van der Waals surface area contributed by atoms with Crippen molar-refractivity contribution in [3.63, 3.8) is 0 Å². The first-order valence-electron chi connectivity index (χ1n) is 8.62. The number of nitrogens with one attached hydrogen (secondary N) is 1. The average molecular weight is 317 g/mol. The van der Waals surface area contributed by atoms with E-state index in [4.69, 9.17) is 4.74 Å². The largest absolute Gasteiger partial charge is 0.378 e. The SMILES string of the molecule is CC1CCN(C(=O)C2COCCN2)CCN1Cc1ccccc1. The Labute approximate surface area is 138 Å². The first-order chi connectivity index (χ1) is 11.2. The van der Waals surface area contributed by atoms with Crippen LogP contribution in [0.25, 0.3) is 0 Å². The summed E-state index contributed by atoms with van der Waals surface area (Å²) in [5.41, 5.74) is 1.33. The number of hydrogen-bond donors (Lipinski definition) is 1. The fourth-order valence-electron chi connectivity index (χ4n) is 3.32. The highest BCUT2D eigenvalue weighted by Gasteiger charge is 2.29. The van der Waals surface area contributed by atoms with E-state index in [0.29, 0.717) is 19.3 Å². The van der Waals surface area contributed by atoms with Crippen molar-refractivity contribution in [1.82, 2.24) is 15.1 Å². The van der Waals surface area contributed by atoms with Crippen LogP contribution < -0.4 is 5.32 Å². The van der Waals surface area contributed by atoms with Crippen molar-refractivity contribution in [3.8, 4) is 0 Å². The molecule has 2 saturated heterocycles. The highest BCUT2D eigenvalue weighted by molar-refractivity contribution is 5.82. The molecule has 0 radical (unpaired) electrons. The molecular weight excluding hydrogens is 290 g/mol. The molecule has 0 saturated carbocycles. The Morgan fingerprint density at radius 2 is 2.09 bits per heavy atom. The Hall–Kier alpha value is -1.43. The Balaban J connectivity index is 1.58. The summed E-state index contributed by atoms with van der Waals surface area (Å²) in [6, 6.07) is 10.9. The fraction of sp³-hybridized carbons (Fsp3) is 0.611. The van der Waals surface area contributed by atoms with E-state index in [1.54, 1.807) is 0 Å². The van der Waals surface area contributed by atoms with Gasteiger partial charge in [0, 0.05) is 38.8 Å². The smallest absolute Gasteiger partial charge is 0.242 e. The lowest BCUT2D eigenvalue weighted by atomic mass is 10.1. The van der Waals surface area contributed by atoms with Gasteiger partial charge in [0.15, 0.2) is 0 Å². The maximum Gasteiger partial charge on any atom is 0.242 e. The normalized spacial score (nSPS) is 26.7. The summed E-state index contributed by atoms with van der Waals surface area (Å²) >= 11 is 0. The Morgan fingerprint density at radius 3 is 2.83 bits per heavy atom. The lowest BCUT2D eigenvalue weighted by molar-refractivity contribution is -0.136. The van der Waals surface area contributed by atoms with Gasteiger partial charge in [0.1, 0.15) is 6.04 Å². The second-order valence-electron chi connectivity index (χ2n) is 6.50. The molecule has 3 rings (SSSR count). The van der Waals surface area contributed by atoms with Crippen LogP contribution in [0.3, 0.4) is 0 Å². The molecule has 5 nitrogen and oxygen atoms in total. The number of morpholine rings is 1. The van der Waals surface area contributed by atoms with Gasteiger partial charge >= 0.3 is 0 Å². The van der Waals surface area contributed by atoms with Gasteiger partial charge in [0.25, 0.3) is 0 Å². The maximum absolute atomic E-state index is 12.6. The van der Waals surface area contributed by atoms with Crippen LogP contribution in [0.5, 0.6) is 0 Å². The van der Waals surface area contributed by atoms with Crippen LogP contribution in [0.1, 0.15) is 18.9 Å². The number of benzene rings is 1. The molecule has 0 bridgehead atoms. The minimum Gasteiger partial charge on any atom is -0.378 e. The van der Waals surface area contributed by atoms with Crippen molar-refractivity contribution in [2.75, 3.05) is 39.4 Å². The van der Waals surface area contributed by atoms with Gasteiger partial charge in [-0.05, 0) is 18.9 Å². The van der Waals surface area contributed by atoms with Crippen LogP contribution in [0.15, 0.2) is 30.3 Å². The number of rotatable bonds is 3. The molecule has 2 atom stereocenters. The van der Waals surface area contributed by atoms with Crippen LogP contribution in [0, 0.1) is 0 Å². The Kier molecular flexibility index (Phi) is 5.65. The Morgan fingerprint density at radius 1 is 1.26 bits per heavy atom. The molecule has 0 spiro atoms. The zero-order chi connectivity index (χ0) is 16.1. The maximum atomic E-state index is 12.6. The van der Waals surface area contributed by atoms with E-state index in [1.807, 2.05) is 4.90 Å². The Bertz CT molecular complexity index is 502. The topological polar surface area (TPSA) is 44.8 Å². The fourth-order valence-corrected chi connectivity index (χ4v) is 3.32.